The van der Waals surface area contributed by atoms with Crippen LogP contribution in [0, 0.1) is 12.8 Å². The Balaban J connectivity index is 1.87. The lowest BCUT2D eigenvalue weighted by Crippen LogP contribution is -2.34. The third-order valence-corrected chi connectivity index (χ3v) is 4.32. The number of likely N-dealkylation sites (N-methyl/N-ethyl adjacent to an activating group) is 1. The Kier molecular flexibility index (Phi) is 2.51. The van der Waals surface area contributed by atoms with Gasteiger partial charge in [0.1, 0.15) is 0 Å². The lowest BCUT2D eigenvalue weighted by molar-refractivity contribution is 0.386. The highest BCUT2D eigenvalue weighted by atomic mass is 15.3. The first-order valence-electron chi connectivity index (χ1n) is 6.46. The lowest BCUT2D eigenvalue weighted by Gasteiger charge is -2.27. The molecule has 3 nitrogen and oxygen atoms in total. The monoisotopic (exact) mass is 231 g/mol. The molecule has 0 amide bonds. The average Bonchev–Trinajstić information content (AvgIpc) is 2.81. The molecule has 0 unspecified atom stereocenters. The minimum Gasteiger partial charge on any atom is -0.399 e. The van der Waals surface area contributed by atoms with Crippen molar-refractivity contribution in [3.05, 3.63) is 23.8 Å². The van der Waals surface area contributed by atoms with Gasteiger partial charge in [0.25, 0.3) is 0 Å². The van der Waals surface area contributed by atoms with Crippen LogP contribution in [-0.2, 0) is 0 Å². The van der Waals surface area contributed by atoms with Crippen molar-refractivity contribution in [1.82, 2.24) is 4.90 Å². The first-order valence-corrected chi connectivity index (χ1v) is 6.46. The average molecular weight is 231 g/mol. The highest BCUT2D eigenvalue weighted by Crippen LogP contribution is 2.35. The fourth-order valence-corrected chi connectivity index (χ4v) is 3.33. The Bertz CT molecular complexity index is 429. The molecule has 2 fully saturated rings. The summed E-state index contributed by atoms with van der Waals surface area (Å²) in [6, 6.07) is 7.15. The molecule has 3 rings (SSSR count). The number of fused-ring (bicyclic) bond motifs is 1. The zero-order valence-corrected chi connectivity index (χ0v) is 10.7. The van der Waals surface area contributed by atoms with Crippen molar-refractivity contribution in [1.29, 1.82) is 0 Å². The summed E-state index contributed by atoms with van der Waals surface area (Å²) in [4.78, 5) is 5.02. The smallest absolute Gasteiger partial charge is 0.0457 e. The van der Waals surface area contributed by atoms with E-state index in [2.05, 4.69) is 35.9 Å². The van der Waals surface area contributed by atoms with E-state index in [1.165, 1.54) is 37.3 Å². The van der Waals surface area contributed by atoms with Crippen LogP contribution in [0.25, 0.3) is 0 Å². The molecule has 1 aromatic rings. The third-order valence-electron chi connectivity index (χ3n) is 4.32. The van der Waals surface area contributed by atoms with E-state index >= 15 is 0 Å². The molecule has 92 valence electrons. The van der Waals surface area contributed by atoms with Gasteiger partial charge in [0.2, 0.25) is 0 Å². The maximum atomic E-state index is 5.89. The number of likely N-dealkylation sites (tertiary alicyclic amines) is 1. The molecule has 2 atom stereocenters. The van der Waals surface area contributed by atoms with Gasteiger partial charge in [0.15, 0.2) is 0 Å². The molecule has 0 spiro atoms. The molecule has 17 heavy (non-hydrogen) atoms. The molecule has 0 saturated carbocycles. The molecule has 2 heterocycles. The van der Waals surface area contributed by atoms with E-state index in [0.717, 1.165) is 11.6 Å². The number of rotatable bonds is 1. The standard InChI is InChI=1S/C14H21N3/c1-10-7-12(3-4-13(10)15)17-6-5-11-8-16(2)9-14(11)17/h3-4,7,11,14H,5-6,8-9,15H2,1-2H3/t11-,14+/m1/s1. The van der Waals surface area contributed by atoms with Gasteiger partial charge < -0.3 is 15.5 Å². The summed E-state index contributed by atoms with van der Waals surface area (Å²) in [5, 5.41) is 0. The molecular formula is C14H21N3. The summed E-state index contributed by atoms with van der Waals surface area (Å²) < 4.78 is 0. The Morgan fingerprint density at radius 1 is 1.29 bits per heavy atom. The largest absolute Gasteiger partial charge is 0.399 e. The molecule has 2 saturated heterocycles. The zero-order valence-electron chi connectivity index (χ0n) is 10.7. The number of benzene rings is 1. The molecule has 2 aliphatic rings. The van der Waals surface area contributed by atoms with Crippen LogP contribution < -0.4 is 10.6 Å². The summed E-state index contributed by atoms with van der Waals surface area (Å²) in [5.74, 6) is 0.859. The van der Waals surface area contributed by atoms with Gasteiger partial charge in [-0.15, -0.1) is 0 Å². The van der Waals surface area contributed by atoms with Crippen LogP contribution in [0.4, 0.5) is 11.4 Å². The van der Waals surface area contributed by atoms with Crippen molar-refractivity contribution >= 4 is 11.4 Å². The van der Waals surface area contributed by atoms with Crippen LogP contribution in [0.1, 0.15) is 12.0 Å². The Labute approximate surface area is 103 Å². The summed E-state index contributed by atoms with van der Waals surface area (Å²) >= 11 is 0. The number of nitrogens with zero attached hydrogens (tertiary/aromatic N) is 2. The number of nitrogens with two attached hydrogens (primary N) is 1. The van der Waals surface area contributed by atoms with Crippen LogP contribution in [0.15, 0.2) is 18.2 Å². The third kappa shape index (κ3) is 1.78. The maximum absolute atomic E-state index is 5.89. The van der Waals surface area contributed by atoms with E-state index in [-0.39, 0.29) is 0 Å². The number of hydrogen-bond donors (Lipinski definition) is 1. The summed E-state index contributed by atoms with van der Waals surface area (Å²) in [6.45, 7) is 5.75. The van der Waals surface area contributed by atoms with Crippen LogP contribution in [0.3, 0.4) is 0 Å². The Morgan fingerprint density at radius 2 is 2.12 bits per heavy atom. The first-order chi connectivity index (χ1) is 8.15. The highest BCUT2D eigenvalue weighted by Gasteiger charge is 2.39. The van der Waals surface area contributed by atoms with E-state index in [1.807, 2.05) is 6.07 Å². The van der Waals surface area contributed by atoms with Gasteiger partial charge in [-0.2, -0.15) is 0 Å². The molecule has 1 aromatic carbocycles. The SMILES string of the molecule is Cc1cc(N2CC[C@@H]3CN(C)C[C@@H]32)ccc1N. The summed E-state index contributed by atoms with van der Waals surface area (Å²) in [7, 11) is 2.23. The van der Waals surface area contributed by atoms with Gasteiger partial charge >= 0.3 is 0 Å². The van der Waals surface area contributed by atoms with Gasteiger partial charge in [-0.3, -0.25) is 0 Å². The quantitative estimate of drug-likeness (QED) is 0.747. The Hall–Kier alpha value is -1.22. The van der Waals surface area contributed by atoms with Crippen LogP contribution in [0.5, 0.6) is 0 Å². The topological polar surface area (TPSA) is 32.5 Å². The van der Waals surface area contributed by atoms with E-state index in [1.54, 1.807) is 0 Å². The first kappa shape index (κ1) is 10.9. The highest BCUT2D eigenvalue weighted by molar-refractivity contribution is 5.59. The maximum Gasteiger partial charge on any atom is 0.0457 e. The summed E-state index contributed by atoms with van der Waals surface area (Å²) in [6.07, 6.45) is 1.33. The second-order valence-electron chi connectivity index (χ2n) is 5.57. The number of hydrogen-bond acceptors (Lipinski definition) is 3. The summed E-state index contributed by atoms with van der Waals surface area (Å²) in [5.41, 5.74) is 9.32. The van der Waals surface area contributed by atoms with E-state index in [0.29, 0.717) is 6.04 Å². The van der Waals surface area contributed by atoms with Crippen LogP contribution in [-0.4, -0.2) is 37.6 Å². The van der Waals surface area contributed by atoms with Crippen molar-refractivity contribution in [3.8, 4) is 0 Å². The predicted octanol–water partition coefficient (Wildman–Crippen LogP) is 1.72. The van der Waals surface area contributed by atoms with Gasteiger partial charge in [-0.05, 0) is 50.1 Å². The fraction of sp³-hybridized carbons (Fsp3) is 0.571. The molecule has 2 N–H and O–H groups in total. The molecular weight excluding hydrogens is 210 g/mol. The minimum atomic E-state index is 0.711. The van der Waals surface area contributed by atoms with E-state index in [9.17, 15) is 0 Å². The number of nitrogen functional groups attached to an aromatic ring is 1. The van der Waals surface area contributed by atoms with Crippen molar-refractivity contribution in [2.24, 2.45) is 5.92 Å². The minimum absolute atomic E-state index is 0.711. The fourth-order valence-electron chi connectivity index (χ4n) is 3.33. The number of anilines is 2. The molecule has 3 heteroatoms. The van der Waals surface area contributed by atoms with Crippen LogP contribution in [0.2, 0.25) is 0 Å². The number of aryl methyl sites for hydroxylation is 1. The second kappa shape index (κ2) is 3.91. The van der Waals surface area contributed by atoms with Crippen molar-refractivity contribution < 1.29 is 0 Å². The lowest BCUT2D eigenvalue weighted by atomic mass is 10.0. The zero-order chi connectivity index (χ0) is 12.0. The molecule has 2 aliphatic heterocycles. The molecule has 0 aliphatic carbocycles. The second-order valence-corrected chi connectivity index (χ2v) is 5.57. The van der Waals surface area contributed by atoms with Gasteiger partial charge in [0, 0.05) is 37.1 Å². The normalized spacial score (nSPS) is 28.7. The van der Waals surface area contributed by atoms with Crippen molar-refractivity contribution in [2.45, 2.75) is 19.4 Å². The van der Waals surface area contributed by atoms with Gasteiger partial charge in [0.05, 0.1) is 0 Å². The predicted molar refractivity (Wildman–Crippen MR) is 72.3 cm³/mol. The van der Waals surface area contributed by atoms with E-state index in [4.69, 9.17) is 5.73 Å². The van der Waals surface area contributed by atoms with Crippen LogP contribution >= 0.6 is 0 Å². The van der Waals surface area contributed by atoms with Crippen molar-refractivity contribution in [2.75, 3.05) is 37.3 Å². The van der Waals surface area contributed by atoms with Crippen molar-refractivity contribution in [3.63, 3.8) is 0 Å². The molecule has 0 aromatic heterocycles. The van der Waals surface area contributed by atoms with E-state index < -0.39 is 0 Å². The molecule has 0 radical (unpaired) electrons. The Morgan fingerprint density at radius 3 is 2.88 bits per heavy atom. The van der Waals surface area contributed by atoms with Gasteiger partial charge in [-0.1, -0.05) is 0 Å². The molecule has 0 bridgehead atoms. The van der Waals surface area contributed by atoms with Gasteiger partial charge in [-0.25, -0.2) is 0 Å².